The summed E-state index contributed by atoms with van der Waals surface area (Å²) >= 11 is 0. The molecule has 0 bridgehead atoms. The summed E-state index contributed by atoms with van der Waals surface area (Å²) in [6.07, 6.45) is 5.34. The Morgan fingerprint density at radius 3 is 0.885 bits per heavy atom. The van der Waals surface area contributed by atoms with Crippen LogP contribution in [0.15, 0.2) is 72.8 Å². The van der Waals surface area contributed by atoms with Crippen molar-refractivity contribution in [2.24, 2.45) is 0 Å². The first-order valence-electron chi connectivity index (χ1n) is 29.3. The first kappa shape index (κ1) is 46.9. The van der Waals surface area contributed by atoms with E-state index in [-0.39, 0.29) is 17.8 Å². The molecular weight excluding hydrogens is 991 g/mol. The molecule has 6 aliphatic heterocycles. The van der Waals surface area contributed by atoms with Crippen LogP contribution in [0.3, 0.4) is 0 Å². The van der Waals surface area contributed by atoms with Gasteiger partial charge in [-0.3, -0.25) is 14.7 Å². The summed E-state index contributed by atoms with van der Waals surface area (Å²) in [5, 5.41) is 0. The highest BCUT2D eigenvalue weighted by Crippen LogP contribution is 2.49. The van der Waals surface area contributed by atoms with Gasteiger partial charge in [-0.15, -0.1) is 0 Å². The van der Waals surface area contributed by atoms with Crippen LogP contribution in [0, 0.1) is 0 Å². The first-order chi connectivity index (χ1) is 40.4. The SMILES string of the molecule is COc1cc2c(cc1OC)[C@@H]1Cc3ccc(OC)c(OC)c3CN1CC2.[2H]C([2H])([2H])Oc1c(OC)ccc2c1CN1CCc3cc(OC)c(OC)cc3[C@@H]1C2.[2H]C([2H])([2H])Oc1ccc2c(c1OC)CN1CCc3cc(OC)c(OC)cc3[C@@H]1C2. The molecular formula is C63H75N3O12. The standard InChI is InChI=1S/3C21H25NO4/c3*1-23-18-6-5-13-9-17-15-11-20(25-3)19(24-2)10-14(15)7-8-22(17)12-16(13)21(18)26-4/h3*5-6,10-11,17H,7-9,12H2,1-4H3/t3*17-/m000/s1/i4D3;1D3;. The average Bonchev–Trinajstić information content (AvgIpc) is 1.78. The van der Waals surface area contributed by atoms with E-state index in [0.29, 0.717) is 36.4 Å². The lowest BCUT2D eigenvalue weighted by Crippen LogP contribution is -2.39. The second-order valence-corrected chi connectivity index (χ2v) is 20.2. The third-order valence-corrected chi connectivity index (χ3v) is 16.7. The minimum absolute atomic E-state index is 0.195. The van der Waals surface area contributed by atoms with E-state index in [1.54, 1.807) is 76.1 Å². The van der Waals surface area contributed by atoms with Crippen molar-refractivity contribution in [2.75, 3.05) is 105 Å². The number of rotatable bonds is 12. The maximum Gasteiger partial charge on any atom is 0.165 e. The molecule has 0 amide bonds. The fourth-order valence-electron chi connectivity index (χ4n) is 12.8. The normalized spacial score (nSPS) is 19.8. The first-order valence-corrected chi connectivity index (χ1v) is 26.3. The van der Waals surface area contributed by atoms with Crippen molar-refractivity contribution in [2.45, 2.75) is 76.3 Å². The lowest BCUT2D eigenvalue weighted by molar-refractivity contribution is 0.157. The van der Waals surface area contributed by atoms with Crippen molar-refractivity contribution in [3.8, 4) is 69.0 Å². The van der Waals surface area contributed by atoms with Gasteiger partial charge in [0.25, 0.3) is 0 Å². The molecule has 0 aliphatic carbocycles. The third kappa shape index (κ3) is 9.89. The molecule has 0 spiro atoms. The van der Waals surface area contributed by atoms with Crippen LogP contribution >= 0.6 is 0 Å². The minimum atomic E-state index is -2.53. The van der Waals surface area contributed by atoms with E-state index < -0.39 is 14.1 Å². The maximum absolute atomic E-state index is 7.54. The quantitative estimate of drug-likeness (QED) is 0.116. The molecule has 3 atom stereocenters. The number of hydrogen-bond donors (Lipinski definition) is 0. The second kappa shape index (κ2) is 23.4. The molecule has 12 rings (SSSR count). The van der Waals surface area contributed by atoms with Gasteiger partial charge in [-0.25, -0.2) is 0 Å². The summed E-state index contributed by atoms with van der Waals surface area (Å²) in [6.45, 7) is 4.95. The van der Waals surface area contributed by atoms with Crippen LogP contribution in [0.5, 0.6) is 69.0 Å². The fraction of sp³-hybridized carbons (Fsp3) is 0.429. The number of nitrogens with zero attached hydrogens (tertiary/aromatic N) is 3. The van der Waals surface area contributed by atoms with Gasteiger partial charge in [0.15, 0.2) is 69.0 Å². The molecule has 0 saturated carbocycles. The van der Waals surface area contributed by atoms with E-state index in [1.807, 2.05) is 18.2 Å². The Kier molecular flexibility index (Phi) is 14.1. The van der Waals surface area contributed by atoms with E-state index >= 15 is 0 Å². The molecule has 15 nitrogen and oxygen atoms in total. The van der Waals surface area contributed by atoms with Gasteiger partial charge in [0.05, 0.1) is 93.4 Å². The second-order valence-electron chi connectivity index (χ2n) is 20.2. The maximum atomic E-state index is 7.54. The summed E-state index contributed by atoms with van der Waals surface area (Å²) in [7, 11) is 11.4. The van der Waals surface area contributed by atoms with E-state index in [1.165, 1.54) is 51.6 Å². The number of fused-ring (bicyclic) bond motifs is 12. The van der Waals surface area contributed by atoms with Crippen LogP contribution in [0.1, 0.15) is 93.1 Å². The summed E-state index contributed by atoms with van der Waals surface area (Å²) in [5.41, 5.74) is 14.4. The van der Waals surface area contributed by atoms with Crippen LogP contribution < -0.4 is 56.8 Å². The van der Waals surface area contributed by atoms with Crippen LogP contribution in [-0.4, -0.2) is 120 Å². The van der Waals surface area contributed by atoms with Gasteiger partial charge in [-0.05, 0) is 143 Å². The molecule has 0 saturated heterocycles. The summed E-state index contributed by atoms with van der Waals surface area (Å²) < 4.78 is 110. The van der Waals surface area contributed by atoms with Crippen molar-refractivity contribution < 1.29 is 65.1 Å². The van der Waals surface area contributed by atoms with Crippen molar-refractivity contribution in [1.82, 2.24) is 14.7 Å². The number of methoxy groups -OCH3 is 12. The Labute approximate surface area is 468 Å². The molecule has 6 aromatic rings. The predicted molar refractivity (Wildman–Crippen MR) is 299 cm³/mol. The zero-order valence-corrected chi connectivity index (χ0v) is 46.4. The van der Waals surface area contributed by atoms with E-state index in [9.17, 15) is 0 Å². The summed E-state index contributed by atoms with van der Waals surface area (Å²) in [5.74, 6) is 7.76. The molecule has 6 aromatic carbocycles. The lowest BCUT2D eigenvalue weighted by atomic mass is 9.83. The summed E-state index contributed by atoms with van der Waals surface area (Å²) in [4.78, 5) is 7.29. The third-order valence-electron chi connectivity index (χ3n) is 16.7. The average molecular weight is 1070 g/mol. The van der Waals surface area contributed by atoms with Crippen molar-refractivity contribution >= 4 is 0 Å². The van der Waals surface area contributed by atoms with E-state index in [4.69, 9.17) is 65.1 Å². The molecule has 0 unspecified atom stereocenters. The monoisotopic (exact) mass is 1070 g/mol. The van der Waals surface area contributed by atoms with E-state index in [0.717, 1.165) is 133 Å². The van der Waals surface area contributed by atoms with Gasteiger partial charge in [-0.1, -0.05) is 18.2 Å². The Hall–Kier alpha value is -7.20. The molecule has 0 N–H and O–H groups in total. The van der Waals surface area contributed by atoms with Gasteiger partial charge in [0.1, 0.15) is 0 Å². The zero-order chi connectivity index (χ0) is 59.8. The minimum Gasteiger partial charge on any atom is -0.493 e. The molecule has 414 valence electrons. The predicted octanol–water partition coefficient (Wildman–Crippen LogP) is 10.1. The van der Waals surface area contributed by atoms with Crippen molar-refractivity contribution in [3.05, 3.63) is 140 Å². The van der Waals surface area contributed by atoms with Crippen molar-refractivity contribution in [1.29, 1.82) is 0 Å². The van der Waals surface area contributed by atoms with Crippen LogP contribution in [-0.2, 0) is 58.2 Å². The van der Waals surface area contributed by atoms with Crippen LogP contribution in [0.4, 0.5) is 0 Å². The number of hydrogen-bond acceptors (Lipinski definition) is 15. The Balaban J connectivity index is 0.000000141. The number of ether oxygens (including phenoxy) is 12. The molecule has 15 heteroatoms. The Bertz CT molecular complexity index is 3390. The molecule has 0 fully saturated rings. The summed E-state index contributed by atoms with van der Waals surface area (Å²) in [6, 6.07) is 25.0. The van der Waals surface area contributed by atoms with Gasteiger partial charge < -0.3 is 56.8 Å². The molecule has 0 radical (unpaired) electrons. The van der Waals surface area contributed by atoms with Crippen LogP contribution in [0.25, 0.3) is 0 Å². The molecule has 0 aromatic heterocycles. The number of benzene rings is 6. The highest BCUT2D eigenvalue weighted by atomic mass is 16.5. The van der Waals surface area contributed by atoms with Gasteiger partial charge in [0, 0.05) is 74.1 Å². The fourth-order valence-corrected chi connectivity index (χ4v) is 12.8. The molecule has 78 heavy (non-hydrogen) atoms. The highest BCUT2D eigenvalue weighted by molar-refractivity contribution is 5.58. The van der Waals surface area contributed by atoms with Crippen molar-refractivity contribution in [3.63, 3.8) is 0 Å². The Morgan fingerprint density at radius 2 is 0.603 bits per heavy atom. The Morgan fingerprint density at radius 1 is 0.321 bits per heavy atom. The highest BCUT2D eigenvalue weighted by Gasteiger charge is 2.38. The van der Waals surface area contributed by atoms with Gasteiger partial charge in [-0.2, -0.15) is 0 Å². The lowest BCUT2D eigenvalue weighted by Gasteiger charge is -2.42. The van der Waals surface area contributed by atoms with Gasteiger partial charge in [0.2, 0.25) is 0 Å². The van der Waals surface area contributed by atoms with Crippen LogP contribution in [0.2, 0.25) is 0 Å². The largest absolute Gasteiger partial charge is 0.493 e. The molecule has 6 heterocycles. The zero-order valence-electron chi connectivity index (χ0n) is 52.4. The van der Waals surface area contributed by atoms with Gasteiger partial charge >= 0.3 is 0 Å². The van der Waals surface area contributed by atoms with E-state index in [2.05, 4.69) is 57.2 Å². The topological polar surface area (TPSA) is 120 Å². The molecule has 6 aliphatic rings. The smallest absolute Gasteiger partial charge is 0.165 e.